The summed E-state index contributed by atoms with van der Waals surface area (Å²) in [6, 6.07) is 8.55. The number of rotatable bonds is 3. The van der Waals surface area contributed by atoms with Crippen LogP contribution in [-0.4, -0.2) is 74.7 Å². The number of likely N-dealkylation sites (N-methyl/N-ethyl adjacent to an activating group) is 1. The quantitative estimate of drug-likeness (QED) is 0.786. The molecule has 1 amide bonds. The molecule has 26 heavy (non-hydrogen) atoms. The van der Waals surface area contributed by atoms with Gasteiger partial charge in [0, 0.05) is 50.7 Å². The minimum atomic E-state index is -3.59. The number of likely N-dealkylation sites (tertiary alicyclic amines) is 1. The third-order valence-electron chi connectivity index (χ3n) is 5.15. The van der Waals surface area contributed by atoms with E-state index in [1.807, 2.05) is 7.05 Å². The van der Waals surface area contributed by atoms with Gasteiger partial charge in [0.05, 0.1) is 11.0 Å². The maximum atomic E-state index is 12.9. The molecule has 0 spiro atoms. The zero-order valence-electron chi connectivity index (χ0n) is 15.0. The Morgan fingerprint density at radius 3 is 2.38 bits per heavy atom. The van der Waals surface area contributed by atoms with Gasteiger partial charge in [0.15, 0.2) is 0 Å². The average Bonchev–Trinajstić information content (AvgIpc) is 2.68. The Morgan fingerprint density at radius 2 is 1.77 bits per heavy atom. The predicted molar refractivity (Wildman–Crippen MR) is 96.9 cm³/mol. The summed E-state index contributed by atoms with van der Waals surface area (Å²) in [6.45, 7) is 3.38. The first-order valence-electron chi connectivity index (χ1n) is 8.89. The minimum absolute atomic E-state index is 0.00277. The number of carbonyl (C=O) groups is 1. The van der Waals surface area contributed by atoms with E-state index in [4.69, 9.17) is 5.26 Å². The molecule has 7 nitrogen and oxygen atoms in total. The van der Waals surface area contributed by atoms with E-state index in [1.54, 1.807) is 23.1 Å². The van der Waals surface area contributed by atoms with Crippen LogP contribution >= 0.6 is 0 Å². The maximum absolute atomic E-state index is 12.9. The Kier molecular flexibility index (Phi) is 5.61. The van der Waals surface area contributed by atoms with Crippen molar-refractivity contribution in [2.45, 2.75) is 17.7 Å². The summed E-state index contributed by atoms with van der Waals surface area (Å²) >= 11 is 0. The lowest BCUT2D eigenvalue weighted by Gasteiger charge is -2.32. The maximum Gasteiger partial charge on any atom is 0.253 e. The summed E-state index contributed by atoms with van der Waals surface area (Å²) in [5.74, 6) is -0.167. The van der Waals surface area contributed by atoms with Crippen LogP contribution in [0, 0.1) is 17.2 Å². The number of nitriles is 1. The van der Waals surface area contributed by atoms with Gasteiger partial charge in [-0.15, -0.1) is 0 Å². The van der Waals surface area contributed by atoms with E-state index in [0.717, 1.165) is 0 Å². The molecule has 2 aliphatic heterocycles. The number of nitrogens with zero attached hydrogens (tertiary/aromatic N) is 4. The SMILES string of the molecule is CN1CCN(S(=O)(=O)c2cccc(C(=O)N3CCC(C#N)CC3)c2)CC1. The Morgan fingerprint density at radius 1 is 1.12 bits per heavy atom. The third-order valence-corrected chi connectivity index (χ3v) is 7.04. The molecule has 2 fully saturated rings. The molecule has 0 atom stereocenters. The highest BCUT2D eigenvalue weighted by Gasteiger charge is 2.29. The highest BCUT2D eigenvalue weighted by Crippen LogP contribution is 2.22. The van der Waals surface area contributed by atoms with Gasteiger partial charge in [0.1, 0.15) is 0 Å². The molecular weight excluding hydrogens is 352 g/mol. The number of amides is 1. The molecule has 140 valence electrons. The van der Waals surface area contributed by atoms with Crippen LogP contribution in [0.5, 0.6) is 0 Å². The van der Waals surface area contributed by atoms with Crippen molar-refractivity contribution < 1.29 is 13.2 Å². The summed E-state index contributed by atoms with van der Waals surface area (Å²) in [6.07, 6.45) is 1.34. The van der Waals surface area contributed by atoms with E-state index in [2.05, 4.69) is 11.0 Å². The summed E-state index contributed by atoms with van der Waals surface area (Å²) in [4.78, 5) is 16.7. The predicted octanol–water partition coefficient (Wildman–Crippen LogP) is 0.998. The number of carbonyl (C=O) groups excluding carboxylic acids is 1. The van der Waals surface area contributed by atoms with Crippen LogP contribution in [0.4, 0.5) is 0 Å². The lowest BCUT2D eigenvalue weighted by molar-refractivity contribution is 0.0707. The van der Waals surface area contributed by atoms with Crippen molar-refractivity contribution in [3.05, 3.63) is 29.8 Å². The first kappa shape index (κ1) is 18.8. The van der Waals surface area contributed by atoms with Crippen LogP contribution in [-0.2, 0) is 10.0 Å². The molecule has 2 heterocycles. The molecule has 2 aliphatic rings. The second-order valence-corrected chi connectivity index (χ2v) is 8.87. The monoisotopic (exact) mass is 376 g/mol. The van der Waals surface area contributed by atoms with E-state index in [0.29, 0.717) is 57.7 Å². The van der Waals surface area contributed by atoms with Crippen molar-refractivity contribution in [1.82, 2.24) is 14.1 Å². The van der Waals surface area contributed by atoms with Gasteiger partial charge < -0.3 is 9.80 Å². The fourth-order valence-corrected chi connectivity index (χ4v) is 4.83. The first-order chi connectivity index (χ1) is 12.4. The van der Waals surface area contributed by atoms with Crippen LogP contribution in [0.25, 0.3) is 0 Å². The van der Waals surface area contributed by atoms with Crippen LogP contribution in [0.2, 0.25) is 0 Å². The molecule has 2 saturated heterocycles. The Bertz CT molecular complexity index is 802. The van der Waals surface area contributed by atoms with Crippen molar-refractivity contribution in [3.8, 4) is 6.07 Å². The molecule has 0 aromatic heterocycles. The van der Waals surface area contributed by atoms with Gasteiger partial charge in [0.25, 0.3) is 5.91 Å². The molecule has 0 saturated carbocycles. The summed E-state index contributed by atoms with van der Waals surface area (Å²) in [5.41, 5.74) is 0.385. The van der Waals surface area contributed by atoms with Gasteiger partial charge in [-0.05, 0) is 38.1 Å². The highest BCUT2D eigenvalue weighted by atomic mass is 32.2. The Labute approximate surface area is 154 Å². The van der Waals surface area contributed by atoms with E-state index in [9.17, 15) is 13.2 Å². The highest BCUT2D eigenvalue weighted by molar-refractivity contribution is 7.89. The minimum Gasteiger partial charge on any atom is -0.339 e. The average molecular weight is 376 g/mol. The van der Waals surface area contributed by atoms with Crippen LogP contribution in [0.1, 0.15) is 23.2 Å². The van der Waals surface area contributed by atoms with Gasteiger partial charge >= 0.3 is 0 Å². The van der Waals surface area contributed by atoms with Crippen molar-refractivity contribution >= 4 is 15.9 Å². The molecule has 3 rings (SSSR count). The van der Waals surface area contributed by atoms with E-state index >= 15 is 0 Å². The normalized spacial score (nSPS) is 20.7. The second-order valence-electron chi connectivity index (χ2n) is 6.93. The number of benzene rings is 1. The zero-order valence-corrected chi connectivity index (χ0v) is 15.8. The van der Waals surface area contributed by atoms with Gasteiger partial charge in [0.2, 0.25) is 10.0 Å². The van der Waals surface area contributed by atoms with Gasteiger partial charge in [-0.2, -0.15) is 9.57 Å². The zero-order chi connectivity index (χ0) is 18.7. The molecule has 1 aromatic rings. The number of hydrogen-bond acceptors (Lipinski definition) is 5. The molecule has 0 N–H and O–H groups in total. The lowest BCUT2D eigenvalue weighted by Crippen LogP contribution is -2.47. The Balaban J connectivity index is 1.76. The topological polar surface area (TPSA) is 84.7 Å². The van der Waals surface area contributed by atoms with Crippen molar-refractivity contribution in [2.24, 2.45) is 5.92 Å². The number of sulfonamides is 1. The number of piperazine rings is 1. The first-order valence-corrected chi connectivity index (χ1v) is 10.3. The van der Waals surface area contributed by atoms with Crippen molar-refractivity contribution in [1.29, 1.82) is 5.26 Å². The fourth-order valence-electron chi connectivity index (χ4n) is 3.36. The molecule has 0 radical (unpaired) electrons. The van der Waals surface area contributed by atoms with Crippen LogP contribution < -0.4 is 0 Å². The summed E-state index contributed by atoms with van der Waals surface area (Å²) < 4.78 is 27.2. The molecule has 1 aromatic carbocycles. The van der Waals surface area contributed by atoms with Crippen LogP contribution in [0.15, 0.2) is 29.2 Å². The molecule has 8 heteroatoms. The molecule has 0 unspecified atom stereocenters. The molecule has 0 bridgehead atoms. The largest absolute Gasteiger partial charge is 0.339 e. The van der Waals surface area contributed by atoms with Crippen molar-refractivity contribution in [2.75, 3.05) is 46.3 Å². The molecule has 0 aliphatic carbocycles. The fraction of sp³-hybridized carbons (Fsp3) is 0.556. The van der Waals surface area contributed by atoms with Gasteiger partial charge in [-0.1, -0.05) is 6.07 Å². The Hall–Kier alpha value is -1.95. The third kappa shape index (κ3) is 3.90. The van der Waals surface area contributed by atoms with Crippen LogP contribution in [0.3, 0.4) is 0 Å². The standard InChI is InChI=1S/C18H24N4O3S/c1-20-9-11-22(12-10-20)26(24,25)17-4-2-3-16(13-17)18(23)21-7-5-15(14-19)6-8-21/h2-4,13,15H,5-12H2,1H3. The lowest BCUT2D eigenvalue weighted by atomic mass is 9.98. The number of piperidine rings is 1. The van der Waals surface area contributed by atoms with Gasteiger partial charge in [-0.3, -0.25) is 4.79 Å². The molecular formula is C18H24N4O3S. The smallest absolute Gasteiger partial charge is 0.253 e. The van der Waals surface area contributed by atoms with Crippen molar-refractivity contribution in [3.63, 3.8) is 0 Å². The van der Waals surface area contributed by atoms with E-state index in [1.165, 1.54) is 10.4 Å². The van der Waals surface area contributed by atoms with E-state index in [-0.39, 0.29) is 16.7 Å². The summed E-state index contributed by atoms with van der Waals surface area (Å²) in [5, 5.41) is 8.97. The summed E-state index contributed by atoms with van der Waals surface area (Å²) in [7, 11) is -1.62. The second kappa shape index (κ2) is 7.74. The number of hydrogen-bond donors (Lipinski definition) is 0. The van der Waals surface area contributed by atoms with E-state index < -0.39 is 10.0 Å². The van der Waals surface area contributed by atoms with Gasteiger partial charge in [-0.25, -0.2) is 8.42 Å².